The summed E-state index contributed by atoms with van der Waals surface area (Å²) in [5.41, 5.74) is 2.83. The predicted octanol–water partition coefficient (Wildman–Crippen LogP) is 3.33. The fourth-order valence-corrected chi connectivity index (χ4v) is 3.01. The summed E-state index contributed by atoms with van der Waals surface area (Å²) in [7, 11) is 0. The number of rotatable bonds is 4. The summed E-state index contributed by atoms with van der Waals surface area (Å²) in [6.45, 7) is 0. The molecule has 0 unspecified atom stereocenters. The van der Waals surface area contributed by atoms with Gasteiger partial charge in [0.25, 0.3) is 5.91 Å². The summed E-state index contributed by atoms with van der Waals surface area (Å²) in [5.74, 6) is 0.318. The van der Waals surface area contributed by atoms with Gasteiger partial charge in [-0.1, -0.05) is 30.3 Å². The SMILES string of the molecule is O=C(Nc1cc(-c2cccnc2)[nH]n1)[C@H]1CC[C@@H](c2ccccc2)O1. The average Bonchev–Trinajstić information content (AvgIpc) is 3.33. The molecule has 1 amide bonds. The standard InChI is InChI=1S/C19H18N4O2/c24-19(17-9-8-16(25-17)13-5-2-1-3-6-13)21-18-11-15(22-23-18)14-7-4-10-20-12-14/h1-7,10-12,16-17H,8-9H2,(H2,21,22,23,24)/t16-,17+/m0/s1. The van der Waals surface area contributed by atoms with Gasteiger partial charge in [-0.15, -0.1) is 0 Å². The molecule has 126 valence electrons. The number of carbonyl (C=O) groups is 1. The Hall–Kier alpha value is -2.99. The average molecular weight is 334 g/mol. The molecule has 1 aromatic carbocycles. The minimum Gasteiger partial charge on any atom is -0.360 e. The van der Waals surface area contributed by atoms with Crippen molar-refractivity contribution in [2.24, 2.45) is 0 Å². The maximum Gasteiger partial charge on any atom is 0.254 e. The molecule has 0 aliphatic carbocycles. The Morgan fingerprint density at radius 1 is 1.16 bits per heavy atom. The van der Waals surface area contributed by atoms with Gasteiger partial charge in [0.1, 0.15) is 6.10 Å². The highest BCUT2D eigenvalue weighted by atomic mass is 16.5. The van der Waals surface area contributed by atoms with Crippen molar-refractivity contribution in [3.05, 3.63) is 66.5 Å². The maximum atomic E-state index is 12.4. The van der Waals surface area contributed by atoms with Crippen LogP contribution in [-0.2, 0) is 9.53 Å². The van der Waals surface area contributed by atoms with Crippen LogP contribution in [0.25, 0.3) is 11.3 Å². The molecule has 2 aromatic heterocycles. The molecule has 4 rings (SSSR count). The number of aromatic amines is 1. The number of hydrogen-bond acceptors (Lipinski definition) is 4. The number of benzene rings is 1. The number of pyridine rings is 1. The van der Waals surface area contributed by atoms with Crippen molar-refractivity contribution in [2.45, 2.75) is 25.0 Å². The van der Waals surface area contributed by atoms with E-state index in [1.54, 1.807) is 18.5 Å². The molecule has 0 spiro atoms. The molecular formula is C19H18N4O2. The fraction of sp³-hybridized carbons (Fsp3) is 0.211. The van der Waals surface area contributed by atoms with E-state index in [9.17, 15) is 4.79 Å². The lowest BCUT2D eigenvalue weighted by atomic mass is 10.1. The molecule has 2 atom stereocenters. The first-order valence-electron chi connectivity index (χ1n) is 8.27. The van der Waals surface area contributed by atoms with Crippen LogP contribution in [0.1, 0.15) is 24.5 Å². The van der Waals surface area contributed by atoms with Crippen LogP contribution in [0, 0.1) is 0 Å². The van der Waals surface area contributed by atoms with E-state index in [0.29, 0.717) is 12.2 Å². The highest BCUT2D eigenvalue weighted by Gasteiger charge is 2.31. The molecule has 1 aliphatic rings. The van der Waals surface area contributed by atoms with E-state index in [4.69, 9.17) is 4.74 Å². The van der Waals surface area contributed by atoms with Crippen LogP contribution in [0.15, 0.2) is 60.9 Å². The van der Waals surface area contributed by atoms with Crippen LogP contribution < -0.4 is 5.32 Å². The van der Waals surface area contributed by atoms with E-state index in [0.717, 1.165) is 23.2 Å². The molecule has 25 heavy (non-hydrogen) atoms. The number of hydrogen-bond donors (Lipinski definition) is 2. The van der Waals surface area contributed by atoms with Crippen LogP contribution in [-0.4, -0.2) is 27.2 Å². The largest absolute Gasteiger partial charge is 0.360 e. The van der Waals surface area contributed by atoms with E-state index >= 15 is 0 Å². The second-order valence-electron chi connectivity index (χ2n) is 6.00. The molecule has 1 saturated heterocycles. The van der Waals surface area contributed by atoms with Crippen LogP contribution >= 0.6 is 0 Å². The minimum atomic E-state index is -0.455. The van der Waals surface area contributed by atoms with Gasteiger partial charge in [-0.05, 0) is 30.5 Å². The smallest absolute Gasteiger partial charge is 0.254 e. The number of amides is 1. The lowest BCUT2D eigenvalue weighted by molar-refractivity contribution is -0.126. The molecular weight excluding hydrogens is 316 g/mol. The second-order valence-corrected chi connectivity index (χ2v) is 6.00. The van der Waals surface area contributed by atoms with Crippen molar-refractivity contribution in [3.63, 3.8) is 0 Å². The van der Waals surface area contributed by atoms with E-state index in [2.05, 4.69) is 20.5 Å². The topological polar surface area (TPSA) is 79.9 Å². The van der Waals surface area contributed by atoms with E-state index in [1.807, 2.05) is 42.5 Å². The zero-order valence-electron chi connectivity index (χ0n) is 13.6. The number of nitrogens with zero attached hydrogens (tertiary/aromatic N) is 2. The van der Waals surface area contributed by atoms with Crippen molar-refractivity contribution < 1.29 is 9.53 Å². The first-order chi connectivity index (χ1) is 12.3. The molecule has 0 saturated carbocycles. The van der Waals surface area contributed by atoms with Crippen LogP contribution in [0.2, 0.25) is 0 Å². The van der Waals surface area contributed by atoms with Gasteiger partial charge in [0.2, 0.25) is 0 Å². The molecule has 1 aliphatic heterocycles. The zero-order valence-corrected chi connectivity index (χ0v) is 13.6. The van der Waals surface area contributed by atoms with E-state index in [-0.39, 0.29) is 12.0 Å². The third-order valence-corrected chi connectivity index (χ3v) is 4.29. The van der Waals surface area contributed by atoms with E-state index < -0.39 is 6.10 Å². The summed E-state index contributed by atoms with van der Waals surface area (Å²) in [6.07, 6.45) is 4.51. The molecule has 0 bridgehead atoms. The molecule has 6 heteroatoms. The number of H-pyrrole nitrogens is 1. The number of nitrogens with one attached hydrogen (secondary N) is 2. The summed E-state index contributed by atoms with van der Waals surface area (Å²) >= 11 is 0. The fourth-order valence-electron chi connectivity index (χ4n) is 3.01. The number of anilines is 1. The Morgan fingerprint density at radius 2 is 2.04 bits per heavy atom. The van der Waals surface area contributed by atoms with Gasteiger partial charge in [-0.2, -0.15) is 5.10 Å². The van der Waals surface area contributed by atoms with Crippen molar-refractivity contribution >= 4 is 11.7 Å². The van der Waals surface area contributed by atoms with Crippen LogP contribution in [0.3, 0.4) is 0 Å². The number of ether oxygens (including phenoxy) is 1. The van der Waals surface area contributed by atoms with Gasteiger partial charge in [0, 0.05) is 24.0 Å². The van der Waals surface area contributed by atoms with Crippen molar-refractivity contribution in [2.75, 3.05) is 5.32 Å². The summed E-state index contributed by atoms with van der Waals surface area (Å²) in [6, 6.07) is 15.6. The number of aromatic nitrogens is 3. The molecule has 6 nitrogen and oxygen atoms in total. The minimum absolute atomic E-state index is 0.0258. The lowest BCUT2D eigenvalue weighted by Crippen LogP contribution is -2.27. The Balaban J connectivity index is 1.39. The molecule has 2 N–H and O–H groups in total. The van der Waals surface area contributed by atoms with Crippen molar-refractivity contribution in [1.29, 1.82) is 0 Å². The third kappa shape index (κ3) is 3.44. The molecule has 3 aromatic rings. The number of carbonyl (C=O) groups excluding carboxylic acids is 1. The Kier molecular flexibility index (Phi) is 4.26. The summed E-state index contributed by atoms with van der Waals surface area (Å²) in [5, 5.41) is 9.87. The predicted molar refractivity (Wildman–Crippen MR) is 93.7 cm³/mol. The van der Waals surface area contributed by atoms with Gasteiger partial charge >= 0.3 is 0 Å². The molecule has 1 fully saturated rings. The maximum absolute atomic E-state index is 12.4. The Labute approximate surface area is 145 Å². The summed E-state index contributed by atoms with van der Waals surface area (Å²) in [4.78, 5) is 16.5. The van der Waals surface area contributed by atoms with Gasteiger partial charge in [-0.3, -0.25) is 14.9 Å². The highest BCUT2D eigenvalue weighted by molar-refractivity contribution is 5.94. The van der Waals surface area contributed by atoms with Crippen molar-refractivity contribution in [1.82, 2.24) is 15.2 Å². The molecule has 0 radical (unpaired) electrons. The quantitative estimate of drug-likeness (QED) is 0.767. The monoisotopic (exact) mass is 334 g/mol. The summed E-state index contributed by atoms with van der Waals surface area (Å²) < 4.78 is 5.91. The van der Waals surface area contributed by atoms with Gasteiger partial charge in [0.05, 0.1) is 11.8 Å². The van der Waals surface area contributed by atoms with Gasteiger partial charge in [0.15, 0.2) is 5.82 Å². The normalized spacial score (nSPS) is 19.7. The second kappa shape index (κ2) is 6.86. The first kappa shape index (κ1) is 15.5. The van der Waals surface area contributed by atoms with E-state index in [1.165, 1.54) is 0 Å². The van der Waals surface area contributed by atoms with Gasteiger partial charge < -0.3 is 10.1 Å². The highest BCUT2D eigenvalue weighted by Crippen LogP contribution is 2.33. The Bertz CT molecular complexity index is 848. The van der Waals surface area contributed by atoms with Crippen LogP contribution in [0.5, 0.6) is 0 Å². The van der Waals surface area contributed by atoms with Crippen LogP contribution in [0.4, 0.5) is 5.82 Å². The zero-order chi connectivity index (χ0) is 17.1. The Morgan fingerprint density at radius 3 is 2.84 bits per heavy atom. The first-order valence-corrected chi connectivity index (χ1v) is 8.27. The third-order valence-electron chi connectivity index (χ3n) is 4.29. The van der Waals surface area contributed by atoms with Crippen molar-refractivity contribution in [3.8, 4) is 11.3 Å². The van der Waals surface area contributed by atoms with Gasteiger partial charge in [-0.25, -0.2) is 0 Å². The molecule has 3 heterocycles. The lowest BCUT2D eigenvalue weighted by Gasteiger charge is -2.13.